The molecule has 15 heavy (non-hydrogen) atoms. The number of hydrogen-bond acceptors (Lipinski definition) is 3. The maximum absolute atomic E-state index is 11.4. The second kappa shape index (κ2) is 4.45. The average Bonchev–Trinajstić information content (AvgIpc) is 2.62. The minimum atomic E-state index is -0.183. The van der Waals surface area contributed by atoms with Crippen LogP contribution in [0.1, 0.15) is 5.56 Å². The number of esters is 1. The number of carbonyl (C=O) groups is 1. The monoisotopic (exact) mass is 206 g/mol. The van der Waals surface area contributed by atoms with Crippen molar-refractivity contribution in [2.24, 2.45) is 11.8 Å². The van der Waals surface area contributed by atoms with Gasteiger partial charge in [-0.2, -0.15) is 0 Å². The Bertz CT molecular complexity index is 334. The molecule has 2 unspecified atom stereocenters. The highest BCUT2D eigenvalue weighted by Gasteiger charge is 2.36. The van der Waals surface area contributed by atoms with E-state index in [2.05, 4.69) is 0 Å². The molecule has 1 heterocycles. The molecule has 0 aliphatic carbocycles. The van der Waals surface area contributed by atoms with Gasteiger partial charge >= 0.3 is 5.97 Å². The molecule has 1 N–H and O–H groups in total. The number of carbonyl (C=O) groups excluding carboxylic acids is 1. The fourth-order valence-electron chi connectivity index (χ4n) is 1.90. The molecule has 1 fully saturated rings. The average molecular weight is 206 g/mol. The highest BCUT2D eigenvalue weighted by molar-refractivity contribution is 5.75. The van der Waals surface area contributed by atoms with Crippen LogP contribution in [0.25, 0.3) is 0 Å². The lowest BCUT2D eigenvalue weighted by Crippen LogP contribution is -2.21. The highest BCUT2D eigenvalue weighted by atomic mass is 16.5. The third-order valence-corrected chi connectivity index (χ3v) is 2.84. The number of hydrogen-bond donors (Lipinski definition) is 1. The van der Waals surface area contributed by atoms with Gasteiger partial charge in [-0.15, -0.1) is 0 Å². The van der Waals surface area contributed by atoms with Crippen molar-refractivity contribution >= 4 is 5.97 Å². The minimum Gasteiger partial charge on any atom is -0.465 e. The van der Waals surface area contributed by atoms with Gasteiger partial charge in [0.25, 0.3) is 0 Å². The van der Waals surface area contributed by atoms with E-state index in [0.29, 0.717) is 13.0 Å². The van der Waals surface area contributed by atoms with Gasteiger partial charge < -0.3 is 9.84 Å². The third kappa shape index (κ3) is 2.18. The van der Waals surface area contributed by atoms with Crippen molar-refractivity contribution in [1.82, 2.24) is 0 Å². The maximum Gasteiger partial charge on any atom is 0.309 e. The second-order valence-corrected chi connectivity index (χ2v) is 3.87. The summed E-state index contributed by atoms with van der Waals surface area (Å²) in [6.07, 6.45) is 0.658. The molecular formula is C12H14O3. The lowest BCUT2D eigenvalue weighted by molar-refractivity contribution is -0.141. The van der Waals surface area contributed by atoms with Crippen LogP contribution in [0, 0.1) is 11.8 Å². The Morgan fingerprint density at radius 3 is 2.73 bits per heavy atom. The summed E-state index contributed by atoms with van der Waals surface area (Å²) < 4.78 is 4.94. The van der Waals surface area contributed by atoms with Gasteiger partial charge in [-0.1, -0.05) is 30.3 Å². The first kappa shape index (κ1) is 10.2. The van der Waals surface area contributed by atoms with Crippen LogP contribution in [-0.4, -0.2) is 24.3 Å². The number of cyclic esters (lactones) is 1. The SMILES string of the molecule is O=C1OCC(CO)C1Cc1ccccc1. The molecule has 0 aromatic heterocycles. The van der Waals surface area contributed by atoms with Gasteiger partial charge in [-0.3, -0.25) is 4.79 Å². The van der Waals surface area contributed by atoms with E-state index in [1.165, 1.54) is 0 Å². The fourth-order valence-corrected chi connectivity index (χ4v) is 1.90. The van der Waals surface area contributed by atoms with Gasteiger partial charge in [0, 0.05) is 12.5 Å². The summed E-state index contributed by atoms with van der Waals surface area (Å²) in [7, 11) is 0. The van der Waals surface area contributed by atoms with Crippen LogP contribution in [0.15, 0.2) is 30.3 Å². The Morgan fingerprint density at radius 2 is 2.07 bits per heavy atom. The number of rotatable bonds is 3. The summed E-state index contributed by atoms with van der Waals surface area (Å²) in [6, 6.07) is 9.81. The topological polar surface area (TPSA) is 46.5 Å². The van der Waals surface area contributed by atoms with Crippen LogP contribution in [0.3, 0.4) is 0 Å². The van der Waals surface area contributed by atoms with Crippen molar-refractivity contribution in [2.75, 3.05) is 13.2 Å². The van der Waals surface area contributed by atoms with E-state index in [1.807, 2.05) is 30.3 Å². The maximum atomic E-state index is 11.4. The number of aliphatic hydroxyl groups is 1. The van der Waals surface area contributed by atoms with Gasteiger partial charge in [0.05, 0.1) is 12.5 Å². The molecule has 3 heteroatoms. The Balaban J connectivity index is 2.07. The van der Waals surface area contributed by atoms with Crippen molar-refractivity contribution in [3.8, 4) is 0 Å². The van der Waals surface area contributed by atoms with Crippen molar-refractivity contribution in [3.05, 3.63) is 35.9 Å². The second-order valence-electron chi connectivity index (χ2n) is 3.87. The molecular weight excluding hydrogens is 192 g/mol. The van der Waals surface area contributed by atoms with Crippen molar-refractivity contribution < 1.29 is 14.6 Å². The van der Waals surface area contributed by atoms with Crippen LogP contribution in [-0.2, 0) is 16.0 Å². The lowest BCUT2D eigenvalue weighted by atomic mass is 9.90. The molecule has 0 radical (unpaired) electrons. The number of benzene rings is 1. The normalized spacial score (nSPS) is 25.3. The molecule has 2 atom stereocenters. The number of aliphatic hydroxyl groups excluding tert-OH is 1. The van der Waals surface area contributed by atoms with Crippen LogP contribution in [0.4, 0.5) is 0 Å². The Kier molecular flexibility index (Phi) is 3.02. The minimum absolute atomic E-state index is 0.0171. The Labute approximate surface area is 88.7 Å². The van der Waals surface area contributed by atoms with Crippen LogP contribution in [0.2, 0.25) is 0 Å². The van der Waals surface area contributed by atoms with Gasteiger partial charge in [0.2, 0.25) is 0 Å². The molecule has 1 aliphatic rings. The molecule has 1 aromatic rings. The van der Waals surface area contributed by atoms with Crippen LogP contribution in [0.5, 0.6) is 0 Å². The zero-order valence-corrected chi connectivity index (χ0v) is 8.43. The van der Waals surface area contributed by atoms with Gasteiger partial charge in [0.15, 0.2) is 0 Å². The fraction of sp³-hybridized carbons (Fsp3) is 0.417. The van der Waals surface area contributed by atoms with Gasteiger partial charge in [-0.05, 0) is 12.0 Å². The standard InChI is InChI=1S/C12H14O3/c13-7-10-8-15-12(14)11(10)6-9-4-2-1-3-5-9/h1-5,10-11,13H,6-8H2. The van der Waals surface area contributed by atoms with Crippen LogP contribution < -0.4 is 0 Å². The van der Waals surface area contributed by atoms with E-state index in [-0.39, 0.29) is 24.4 Å². The van der Waals surface area contributed by atoms with Crippen LogP contribution >= 0.6 is 0 Å². The summed E-state index contributed by atoms with van der Waals surface area (Å²) in [5, 5.41) is 9.10. The number of ether oxygens (including phenoxy) is 1. The first-order valence-electron chi connectivity index (χ1n) is 5.12. The van der Waals surface area contributed by atoms with E-state index >= 15 is 0 Å². The predicted octanol–water partition coefficient (Wildman–Crippen LogP) is 1.01. The molecule has 80 valence electrons. The van der Waals surface area contributed by atoms with E-state index in [0.717, 1.165) is 5.56 Å². The smallest absolute Gasteiger partial charge is 0.309 e. The summed E-state index contributed by atoms with van der Waals surface area (Å²) in [5.41, 5.74) is 1.11. The van der Waals surface area contributed by atoms with E-state index in [4.69, 9.17) is 9.84 Å². The first-order chi connectivity index (χ1) is 7.31. The van der Waals surface area contributed by atoms with Crippen molar-refractivity contribution in [2.45, 2.75) is 6.42 Å². The Morgan fingerprint density at radius 1 is 1.33 bits per heavy atom. The largest absolute Gasteiger partial charge is 0.465 e. The summed E-state index contributed by atoms with van der Waals surface area (Å²) in [4.78, 5) is 11.4. The molecule has 1 saturated heterocycles. The molecule has 1 aliphatic heterocycles. The van der Waals surface area contributed by atoms with E-state index in [9.17, 15) is 4.79 Å². The van der Waals surface area contributed by atoms with Gasteiger partial charge in [0.1, 0.15) is 0 Å². The first-order valence-corrected chi connectivity index (χ1v) is 5.12. The quantitative estimate of drug-likeness (QED) is 0.751. The zero-order valence-electron chi connectivity index (χ0n) is 8.43. The molecule has 0 amide bonds. The highest BCUT2D eigenvalue weighted by Crippen LogP contribution is 2.25. The van der Waals surface area contributed by atoms with E-state index < -0.39 is 0 Å². The zero-order chi connectivity index (χ0) is 10.7. The molecule has 0 spiro atoms. The summed E-state index contributed by atoms with van der Waals surface area (Å²) in [6.45, 7) is 0.371. The lowest BCUT2D eigenvalue weighted by Gasteiger charge is -2.11. The van der Waals surface area contributed by atoms with Crippen molar-refractivity contribution in [3.63, 3.8) is 0 Å². The summed E-state index contributed by atoms with van der Waals surface area (Å²) in [5.74, 6) is -0.409. The molecule has 2 rings (SSSR count). The Hall–Kier alpha value is -1.35. The molecule has 0 bridgehead atoms. The molecule has 1 aromatic carbocycles. The van der Waals surface area contributed by atoms with Crippen molar-refractivity contribution in [1.29, 1.82) is 0 Å². The van der Waals surface area contributed by atoms with E-state index in [1.54, 1.807) is 0 Å². The predicted molar refractivity (Wildman–Crippen MR) is 55.2 cm³/mol. The molecule has 3 nitrogen and oxygen atoms in total. The summed E-state index contributed by atoms with van der Waals surface area (Å²) >= 11 is 0. The van der Waals surface area contributed by atoms with Gasteiger partial charge in [-0.25, -0.2) is 0 Å². The molecule has 0 saturated carbocycles. The third-order valence-electron chi connectivity index (χ3n) is 2.84.